The van der Waals surface area contributed by atoms with E-state index in [0.29, 0.717) is 24.4 Å². The minimum absolute atomic E-state index is 0.229. The number of carbonyl (C=O) groups is 1. The summed E-state index contributed by atoms with van der Waals surface area (Å²) in [5.41, 5.74) is 5.65. The van der Waals surface area contributed by atoms with Crippen molar-refractivity contribution in [2.45, 2.75) is 38.6 Å². The van der Waals surface area contributed by atoms with Gasteiger partial charge in [-0.05, 0) is 45.7 Å². The maximum absolute atomic E-state index is 12.7. The second-order valence-electron chi connectivity index (χ2n) is 6.51. The van der Waals surface area contributed by atoms with Crippen LogP contribution in [0.15, 0.2) is 0 Å². The number of likely N-dealkylation sites (N-methyl/N-ethyl adjacent to an activating group) is 1. The molecule has 1 aliphatic heterocycles. The van der Waals surface area contributed by atoms with Gasteiger partial charge in [-0.3, -0.25) is 4.79 Å². The lowest BCUT2D eigenvalue weighted by Gasteiger charge is -2.48. The highest BCUT2D eigenvalue weighted by atomic mass is 16.2. The monoisotopic (exact) mass is 253 g/mol. The van der Waals surface area contributed by atoms with Crippen molar-refractivity contribution in [3.8, 4) is 0 Å². The second kappa shape index (κ2) is 5.17. The Balaban J connectivity index is 2.00. The number of nitrogens with zero attached hydrogens (tertiary/aromatic N) is 2. The molecular weight excluding hydrogens is 226 g/mol. The first-order valence-corrected chi connectivity index (χ1v) is 7.14. The number of carbonyl (C=O) groups excluding carboxylic acids is 1. The highest BCUT2D eigenvalue weighted by Gasteiger charge is 2.49. The third-order valence-corrected chi connectivity index (χ3v) is 4.74. The summed E-state index contributed by atoms with van der Waals surface area (Å²) in [5.74, 6) is 0.974. The van der Waals surface area contributed by atoms with E-state index in [0.717, 1.165) is 32.4 Å². The van der Waals surface area contributed by atoms with Gasteiger partial charge in [0.05, 0.1) is 5.41 Å². The number of piperidine rings is 1. The molecule has 1 heterocycles. The number of nitrogens with two attached hydrogens (primary N) is 1. The van der Waals surface area contributed by atoms with Crippen LogP contribution in [0.25, 0.3) is 0 Å². The van der Waals surface area contributed by atoms with E-state index in [2.05, 4.69) is 30.8 Å². The summed E-state index contributed by atoms with van der Waals surface area (Å²) in [4.78, 5) is 17.0. The molecule has 0 aromatic rings. The first kappa shape index (κ1) is 13.8. The van der Waals surface area contributed by atoms with E-state index < -0.39 is 0 Å². The number of likely N-dealkylation sites (tertiary alicyclic amines) is 1. The van der Waals surface area contributed by atoms with Crippen molar-refractivity contribution in [1.29, 1.82) is 0 Å². The van der Waals surface area contributed by atoms with Crippen molar-refractivity contribution in [2.75, 3.05) is 33.7 Å². The molecule has 2 rings (SSSR count). The smallest absolute Gasteiger partial charge is 0.230 e. The van der Waals surface area contributed by atoms with Crippen molar-refractivity contribution < 1.29 is 4.79 Å². The van der Waals surface area contributed by atoms with Crippen molar-refractivity contribution in [1.82, 2.24) is 9.80 Å². The molecule has 2 fully saturated rings. The Bertz CT molecular complexity index is 310. The van der Waals surface area contributed by atoms with E-state index >= 15 is 0 Å². The van der Waals surface area contributed by atoms with E-state index in [1.165, 1.54) is 6.42 Å². The van der Waals surface area contributed by atoms with Crippen molar-refractivity contribution >= 4 is 5.91 Å². The molecular formula is C14H27N3O. The quantitative estimate of drug-likeness (QED) is 0.813. The molecule has 0 aromatic carbocycles. The molecule has 104 valence electrons. The minimum atomic E-state index is -0.229. The molecule has 0 radical (unpaired) electrons. The maximum atomic E-state index is 12.7. The Labute approximate surface area is 110 Å². The third-order valence-electron chi connectivity index (χ3n) is 4.74. The average molecular weight is 253 g/mol. The van der Waals surface area contributed by atoms with Crippen LogP contribution in [-0.4, -0.2) is 55.5 Å². The fourth-order valence-corrected chi connectivity index (χ4v) is 3.60. The molecule has 2 aliphatic rings. The molecule has 1 unspecified atom stereocenters. The zero-order valence-corrected chi connectivity index (χ0v) is 12.0. The van der Waals surface area contributed by atoms with Crippen LogP contribution in [0.2, 0.25) is 0 Å². The van der Waals surface area contributed by atoms with Gasteiger partial charge in [-0.1, -0.05) is 6.92 Å². The van der Waals surface area contributed by atoms with Gasteiger partial charge in [0.1, 0.15) is 0 Å². The van der Waals surface area contributed by atoms with Gasteiger partial charge in [-0.15, -0.1) is 0 Å². The van der Waals surface area contributed by atoms with Crippen molar-refractivity contribution in [3.63, 3.8) is 0 Å². The van der Waals surface area contributed by atoms with E-state index in [4.69, 9.17) is 5.73 Å². The molecule has 18 heavy (non-hydrogen) atoms. The third kappa shape index (κ3) is 2.41. The Morgan fingerprint density at radius 2 is 2.11 bits per heavy atom. The van der Waals surface area contributed by atoms with Crippen molar-refractivity contribution in [2.24, 2.45) is 17.1 Å². The molecule has 1 amide bonds. The Morgan fingerprint density at radius 1 is 1.44 bits per heavy atom. The SMILES string of the molecule is CC1CC(CN)(C(=O)N2CCCC(N(C)C)C2)C1. The molecule has 1 saturated carbocycles. The zero-order chi connectivity index (χ0) is 13.3. The molecule has 0 bridgehead atoms. The molecule has 1 aliphatic carbocycles. The van der Waals surface area contributed by atoms with Crippen LogP contribution in [0.5, 0.6) is 0 Å². The lowest BCUT2D eigenvalue weighted by atomic mass is 9.61. The fraction of sp³-hybridized carbons (Fsp3) is 0.929. The summed E-state index contributed by atoms with van der Waals surface area (Å²) < 4.78 is 0. The van der Waals surface area contributed by atoms with Crippen LogP contribution in [-0.2, 0) is 4.79 Å². The standard InChI is InChI=1S/C14H27N3O/c1-11-7-14(8-11,10-15)13(18)17-6-4-5-12(9-17)16(2)3/h11-12H,4-10,15H2,1-3H3. The summed E-state index contributed by atoms with van der Waals surface area (Å²) in [7, 11) is 4.20. The molecule has 1 saturated heterocycles. The van der Waals surface area contributed by atoms with E-state index in [9.17, 15) is 4.79 Å². The molecule has 2 N–H and O–H groups in total. The van der Waals surface area contributed by atoms with Crippen molar-refractivity contribution in [3.05, 3.63) is 0 Å². The van der Waals surface area contributed by atoms with Crippen LogP contribution in [0.1, 0.15) is 32.6 Å². The number of rotatable bonds is 3. The zero-order valence-electron chi connectivity index (χ0n) is 12.0. The molecule has 0 aromatic heterocycles. The predicted molar refractivity (Wildman–Crippen MR) is 73.2 cm³/mol. The van der Waals surface area contributed by atoms with Gasteiger partial charge in [-0.2, -0.15) is 0 Å². The Kier molecular flexibility index (Phi) is 3.97. The largest absolute Gasteiger partial charge is 0.341 e. The number of amides is 1. The molecule has 4 nitrogen and oxygen atoms in total. The fourth-order valence-electron chi connectivity index (χ4n) is 3.60. The number of hydrogen-bond donors (Lipinski definition) is 1. The van der Waals surface area contributed by atoms with E-state index in [1.807, 2.05) is 0 Å². The summed E-state index contributed by atoms with van der Waals surface area (Å²) in [6.07, 6.45) is 4.27. The van der Waals surface area contributed by atoms with Crippen LogP contribution < -0.4 is 5.73 Å². The predicted octanol–water partition coefficient (Wildman–Crippen LogP) is 0.914. The summed E-state index contributed by atoms with van der Waals surface area (Å²) in [6.45, 7) is 4.51. The average Bonchev–Trinajstić information content (AvgIpc) is 2.34. The van der Waals surface area contributed by atoms with Gasteiger partial charge < -0.3 is 15.5 Å². The van der Waals surface area contributed by atoms with Crippen LogP contribution in [0.4, 0.5) is 0 Å². The summed E-state index contributed by atoms with van der Waals surface area (Å²) >= 11 is 0. The lowest BCUT2D eigenvalue weighted by Crippen LogP contribution is -2.58. The lowest BCUT2D eigenvalue weighted by molar-refractivity contribution is -0.151. The van der Waals surface area contributed by atoms with Gasteiger partial charge in [0.15, 0.2) is 0 Å². The summed E-state index contributed by atoms with van der Waals surface area (Å²) in [6, 6.07) is 0.509. The van der Waals surface area contributed by atoms with Gasteiger partial charge in [-0.25, -0.2) is 0 Å². The summed E-state index contributed by atoms with van der Waals surface area (Å²) in [5, 5.41) is 0. The molecule has 0 spiro atoms. The van der Waals surface area contributed by atoms with Crippen LogP contribution in [0, 0.1) is 11.3 Å². The van der Waals surface area contributed by atoms with Crippen LogP contribution >= 0.6 is 0 Å². The van der Waals surface area contributed by atoms with E-state index in [-0.39, 0.29) is 5.41 Å². The molecule has 4 heteroatoms. The Hall–Kier alpha value is -0.610. The Morgan fingerprint density at radius 3 is 2.61 bits per heavy atom. The van der Waals surface area contributed by atoms with Gasteiger partial charge in [0.2, 0.25) is 5.91 Å². The first-order valence-electron chi connectivity index (χ1n) is 7.14. The highest BCUT2D eigenvalue weighted by Crippen LogP contribution is 2.46. The van der Waals surface area contributed by atoms with E-state index in [1.54, 1.807) is 0 Å². The van der Waals surface area contributed by atoms with Gasteiger partial charge in [0.25, 0.3) is 0 Å². The normalized spacial score (nSPS) is 36.6. The van der Waals surface area contributed by atoms with Gasteiger partial charge >= 0.3 is 0 Å². The van der Waals surface area contributed by atoms with Gasteiger partial charge in [0, 0.05) is 25.7 Å². The first-order chi connectivity index (χ1) is 8.48. The topological polar surface area (TPSA) is 49.6 Å². The second-order valence-corrected chi connectivity index (χ2v) is 6.51. The maximum Gasteiger partial charge on any atom is 0.230 e. The van der Waals surface area contributed by atoms with Crippen LogP contribution in [0.3, 0.4) is 0 Å². The number of hydrogen-bond acceptors (Lipinski definition) is 3. The highest BCUT2D eigenvalue weighted by molar-refractivity contribution is 5.84. The minimum Gasteiger partial charge on any atom is -0.341 e. The molecule has 1 atom stereocenters.